The maximum Gasteiger partial charge on any atom is 0.118 e. The predicted molar refractivity (Wildman–Crippen MR) is 101 cm³/mol. The number of hydrogen-bond donors (Lipinski definition) is 1. The average Bonchev–Trinajstić information content (AvgIpc) is 2.68. The van der Waals surface area contributed by atoms with Gasteiger partial charge >= 0.3 is 0 Å². The smallest absolute Gasteiger partial charge is 0.118 e. The Labute approximate surface area is 156 Å². The second kappa shape index (κ2) is 11.9. The van der Waals surface area contributed by atoms with Gasteiger partial charge < -0.3 is 19.3 Å². The standard InChI is InChI=1S/C20H30N2O4/c1-3-12-26-17-19(23)16-22(9-8-21-10-13-25-14-11-21)15-18-4-6-20(24-2)7-5-18/h1,4-7,19,23H,8-17H2,2H3/t19-/m1/s1. The third kappa shape index (κ3) is 7.73. The summed E-state index contributed by atoms with van der Waals surface area (Å²) < 4.78 is 15.9. The van der Waals surface area contributed by atoms with Crippen LogP contribution in [0.5, 0.6) is 5.75 Å². The molecule has 2 rings (SSSR count). The van der Waals surface area contributed by atoms with E-state index in [1.165, 1.54) is 5.56 Å². The first-order valence-corrected chi connectivity index (χ1v) is 9.06. The predicted octanol–water partition coefficient (Wildman–Crippen LogP) is 0.840. The minimum atomic E-state index is -0.564. The normalized spacial score (nSPS) is 16.4. The van der Waals surface area contributed by atoms with E-state index in [4.69, 9.17) is 20.6 Å². The number of aliphatic hydroxyl groups is 1. The average molecular weight is 362 g/mol. The van der Waals surface area contributed by atoms with Crippen molar-refractivity contribution in [3.63, 3.8) is 0 Å². The fraction of sp³-hybridized carbons (Fsp3) is 0.600. The van der Waals surface area contributed by atoms with Crippen LogP contribution in [0.4, 0.5) is 0 Å². The molecule has 6 heteroatoms. The van der Waals surface area contributed by atoms with Gasteiger partial charge in [0.15, 0.2) is 0 Å². The number of ether oxygens (including phenoxy) is 3. The molecule has 0 saturated carbocycles. The second-order valence-corrected chi connectivity index (χ2v) is 6.41. The Kier molecular flexibility index (Phi) is 9.46. The molecule has 0 aromatic heterocycles. The number of terminal acetylenes is 1. The summed E-state index contributed by atoms with van der Waals surface area (Å²) in [5.41, 5.74) is 1.18. The largest absolute Gasteiger partial charge is 0.497 e. The highest BCUT2D eigenvalue weighted by atomic mass is 16.5. The summed E-state index contributed by atoms with van der Waals surface area (Å²) in [4.78, 5) is 4.65. The van der Waals surface area contributed by atoms with Crippen molar-refractivity contribution >= 4 is 0 Å². The number of morpholine rings is 1. The quantitative estimate of drug-likeness (QED) is 0.465. The minimum Gasteiger partial charge on any atom is -0.497 e. The van der Waals surface area contributed by atoms with Crippen molar-refractivity contribution < 1.29 is 19.3 Å². The molecule has 1 aliphatic rings. The molecule has 1 atom stereocenters. The molecule has 1 saturated heterocycles. The number of rotatable bonds is 11. The maximum absolute atomic E-state index is 10.3. The third-order valence-electron chi connectivity index (χ3n) is 4.37. The van der Waals surface area contributed by atoms with E-state index in [2.05, 4.69) is 27.9 Å². The lowest BCUT2D eigenvalue weighted by molar-refractivity contribution is 0.0136. The van der Waals surface area contributed by atoms with Gasteiger partial charge in [-0.05, 0) is 17.7 Å². The topological polar surface area (TPSA) is 54.4 Å². The van der Waals surface area contributed by atoms with Crippen molar-refractivity contribution in [3.8, 4) is 18.1 Å². The molecule has 1 fully saturated rings. The van der Waals surface area contributed by atoms with Crippen molar-refractivity contribution in [1.82, 2.24) is 9.80 Å². The van der Waals surface area contributed by atoms with Crippen LogP contribution in [0.15, 0.2) is 24.3 Å². The molecule has 6 nitrogen and oxygen atoms in total. The summed E-state index contributed by atoms with van der Waals surface area (Å²) in [6.45, 7) is 7.12. The molecule has 0 radical (unpaired) electrons. The van der Waals surface area contributed by atoms with Crippen molar-refractivity contribution in [3.05, 3.63) is 29.8 Å². The van der Waals surface area contributed by atoms with Gasteiger partial charge in [0.05, 0.1) is 33.0 Å². The van der Waals surface area contributed by atoms with E-state index >= 15 is 0 Å². The van der Waals surface area contributed by atoms with E-state index < -0.39 is 6.10 Å². The van der Waals surface area contributed by atoms with Crippen LogP contribution in [0.1, 0.15) is 5.56 Å². The number of aliphatic hydroxyl groups excluding tert-OH is 1. The summed E-state index contributed by atoms with van der Waals surface area (Å²) >= 11 is 0. The lowest BCUT2D eigenvalue weighted by atomic mass is 10.2. The molecule has 0 aliphatic carbocycles. The molecule has 0 bridgehead atoms. The molecular formula is C20H30N2O4. The number of benzene rings is 1. The van der Waals surface area contributed by atoms with Crippen LogP contribution in [0, 0.1) is 12.3 Å². The first-order valence-electron chi connectivity index (χ1n) is 9.06. The van der Waals surface area contributed by atoms with Crippen LogP contribution < -0.4 is 4.74 Å². The fourth-order valence-electron chi connectivity index (χ4n) is 2.94. The van der Waals surface area contributed by atoms with Gasteiger partial charge in [-0.25, -0.2) is 0 Å². The van der Waals surface area contributed by atoms with E-state index in [-0.39, 0.29) is 13.2 Å². The Bertz CT molecular complexity index is 538. The van der Waals surface area contributed by atoms with E-state index in [0.717, 1.165) is 51.7 Å². The molecule has 1 N–H and O–H groups in total. The summed E-state index contributed by atoms with van der Waals surface area (Å²) in [5.74, 6) is 3.26. The van der Waals surface area contributed by atoms with E-state index in [1.54, 1.807) is 7.11 Å². The zero-order chi connectivity index (χ0) is 18.6. The van der Waals surface area contributed by atoms with Crippen molar-refractivity contribution in [2.75, 3.05) is 66.3 Å². The van der Waals surface area contributed by atoms with Gasteiger partial charge in [-0.2, -0.15) is 0 Å². The van der Waals surface area contributed by atoms with Crippen LogP contribution in [-0.4, -0.2) is 87.3 Å². The first kappa shape index (κ1) is 20.7. The Balaban J connectivity index is 1.88. The summed E-state index contributed by atoms with van der Waals surface area (Å²) in [5, 5.41) is 10.3. The SMILES string of the molecule is C#CCOC[C@H](O)CN(CCN1CCOCC1)Cc1ccc(OC)cc1. The highest BCUT2D eigenvalue weighted by Crippen LogP contribution is 2.13. The van der Waals surface area contributed by atoms with Gasteiger partial charge in [-0.15, -0.1) is 6.42 Å². The van der Waals surface area contributed by atoms with Gasteiger partial charge in [-0.3, -0.25) is 9.80 Å². The number of nitrogens with zero attached hydrogens (tertiary/aromatic N) is 2. The van der Waals surface area contributed by atoms with Crippen LogP contribution in [-0.2, 0) is 16.0 Å². The summed E-state index contributed by atoms with van der Waals surface area (Å²) in [6, 6.07) is 8.04. The van der Waals surface area contributed by atoms with Gasteiger partial charge in [0.1, 0.15) is 12.4 Å². The van der Waals surface area contributed by atoms with Gasteiger partial charge in [0, 0.05) is 39.3 Å². The maximum atomic E-state index is 10.3. The minimum absolute atomic E-state index is 0.226. The van der Waals surface area contributed by atoms with E-state index in [0.29, 0.717) is 6.54 Å². The molecule has 1 aliphatic heterocycles. The molecule has 1 heterocycles. The molecule has 1 aromatic carbocycles. The fourth-order valence-corrected chi connectivity index (χ4v) is 2.94. The lowest BCUT2D eigenvalue weighted by Crippen LogP contribution is -2.43. The summed E-state index contributed by atoms with van der Waals surface area (Å²) in [6.07, 6.45) is 4.62. The molecule has 1 aromatic rings. The van der Waals surface area contributed by atoms with Crippen molar-refractivity contribution in [1.29, 1.82) is 0 Å². The van der Waals surface area contributed by atoms with Crippen molar-refractivity contribution in [2.45, 2.75) is 12.6 Å². The van der Waals surface area contributed by atoms with E-state index in [1.807, 2.05) is 12.1 Å². The summed E-state index contributed by atoms with van der Waals surface area (Å²) in [7, 11) is 1.66. The Morgan fingerprint density at radius 3 is 2.69 bits per heavy atom. The van der Waals surface area contributed by atoms with Gasteiger partial charge in [0.2, 0.25) is 0 Å². The molecule has 144 valence electrons. The molecule has 26 heavy (non-hydrogen) atoms. The van der Waals surface area contributed by atoms with Gasteiger partial charge in [-0.1, -0.05) is 18.1 Å². The highest BCUT2D eigenvalue weighted by Gasteiger charge is 2.16. The zero-order valence-electron chi connectivity index (χ0n) is 15.6. The highest BCUT2D eigenvalue weighted by molar-refractivity contribution is 5.27. The lowest BCUT2D eigenvalue weighted by Gasteiger charge is -2.31. The van der Waals surface area contributed by atoms with Crippen LogP contribution >= 0.6 is 0 Å². The molecule has 0 spiro atoms. The molecule has 0 unspecified atom stereocenters. The van der Waals surface area contributed by atoms with E-state index in [9.17, 15) is 5.11 Å². The van der Waals surface area contributed by atoms with Crippen molar-refractivity contribution in [2.24, 2.45) is 0 Å². The Morgan fingerprint density at radius 1 is 1.31 bits per heavy atom. The Morgan fingerprint density at radius 2 is 2.04 bits per heavy atom. The van der Waals surface area contributed by atoms with Crippen LogP contribution in [0.3, 0.4) is 0 Å². The van der Waals surface area contributed by atoms with Gasteiger partial charge in [0.25, 0.3) is 0 Å². The molecular weight excluding hydrogens is 332 g/mol. The zero-order valence-corrected chi connectivity index (χ0v) is 15.6. The Hall–Kier alpha value is -1.62. The molecule has 0 amide bonds. The third-order valence-corrected chi connectivity index (χ3v) is 4.37. The monoisotopic (exact) mass is 362 g/mol. The number of methoxy groups -OCH3 is 1. The first-order chi connectivity index (χ1) is 12.7. The second-order valence-electron chi connectivity index (χ2n) is 6.41. The number of hydrogen-bond acceptors (Lipinski definition) is 6. The van der Waals surface area contributed by atoms with Crippen LogP contribution in [0.2, 0.25) is 0 Å². The van der Waals surface area contributed by atoms with Crippen LogP contribution in [0.25, 0.3) is 0 Å².